The maximum atomic E-state index is 12.2. The van der Waals surface area contributed by atoms with Crippen molar-refractivity contribution < 1.29 is 9.53 Å². The van der Waals surface area contributed by atoms with Crippen LogP contribution in [0.4, 0.5) is 0 Å². The average molecular weight is 409 g/mol. The Balaban J connectivity index is 1.77. The van der Waals surface area contributed by atoms with Gasteiger partial charge in [-0.05, 0) is 61.5 Å². The number of hydrogen-bond acceptors (Lipinski definition) is 2. The first-order valence-corrected chi connectivity index (χ1v) is 9.31. The Labute approximate surface area is 162 Å². The molecule has 0 atom stereocenters. The van der Waals surface area contributed by atoms with Crippen LogP contribution in [0.5, 0.6) is 5.75 Å². The number of carbonyl (C=O) groups is 1. The van der Waals surface area contributed by atoms with Gasteiger partial charge in [0.05, 0.1) is 4.47 Å². The highest BCUT2D eigenvalue weighted by Crippen LogP contribution is 2.31. The van der Waals surface area contributed by atoms with Crippen molar-refractivity contribution in [3.05, 3.63) is 82.3 Å². The first kappa shape index (κ1) is 18.4. The summed E-state index contributed by atoms with van der Waals surface area (Å²) in [5.41, 5.74) is 2.21. The molecule has 0 saturated heterocycles. The molecule has 0 amide bonds. The van der Waals surface area contributed by atoms with Crippen LogP contribution in [0.2, 0.25) is 0 Å². The van der Waals surface area contributed by atoms with E-state index in [2.05, 4.69) is 48.8 Å². The smallest absolute Gasteiger partial charge is 0.336 e. The van der Waals surface area contributed by atoms with E-state index in [1.165, 1.54) is 11.6 Å². The molecular weight excluding hydrogens is 388 g/mol. The van der Waals surface area contributed by atoms with Gasteiger partial charge in [0.2, 0.25) is 0 Å². The Morgan fingerprint density at radius 2 is 1.73 bits per heavy atom. The normalized spacial score (nSPS) is 11.8. The van der Waals surface area contributed by atoms with Gasteiger partial charge in [0.25, 0.3) is 0 Å². The molecule has 0 heterocycles. The quantitative estimate of drug-likeness (QED) is 0.280. The number of halogens is 1. The SMILES string of the molecule is CC(C)(C)c1ccc(OC(=O)C=Cc2cccc3ccccc23)c(Br)c1. The molecule has 2 nitrogen and oxygen atoms in total. The van der Waals surface area contributed by atoms with E-state index in [0.717, 1.165) is 20.8 Å². The lowest BCUT2D eigenvalue weighted by Crippen LogP contribution is -2.11. The van der Waals surface area contributed by atoms with Gasteiger partial charge in [-0.2, -0.15) is 0 Å². The summed E-state index contributed by atoms with van der Waals surface area (Å²) in [6, 6.07) is 19.9. The van der Waals surface area contributed by atoms with Crippen molar-refractivity contribution in [3.63, 3.8) is 0 Å². The minimum Gasteiger partial charge on any atom is -0.422 e. The van der Waals surface area contributed by atoms with Gasteiger partial charge in [-0.25, -0.2) is 4.79 Å². The predicted octanol–water partition coefficient (Wildman–Crippen LogP) is 6.52. The Hall–Kier alpha value is -2.39. The zero-order chi connectivity index (χ0) is 18.7. The summed E-state index contributed by atoms with van der Waals surface area (Å²) in [7, 11) is 0. The molecule has 0 aliphatic carbocycles. The van der Waals surface area contributed by atoms with E-state index in [4.69, 9.17) is 4.74 Å². The van der Waals surface area contributed by atoms with Crippen LogP contribution >= 0.6 is 15.9 Å². The van der Waals surface area contributed by atoms with Crippen molar-refractivity contribution in [1.29, 1.82) is 0 Å². The number of hydrogen-bond donors (Lipinski definition) is 0. The predicted molar refractivity (Wildman–Crippen MR) is 111 cm³/mol. The molecule has 0 saturated carbocycles. The zero-order valence-corrected chi connectivity index (χ0v) is 16.7. The van der Waals surface area contributed by atoms with Crippen LogP contribution in [-0.4, -0.2) is 5.97 Å². The molecule has 3 aromatic rings. The maximum Gasteiger partial charge on any atom is 0.336 e. The molecule has 0 spiro atoms. The second kappa shape index (κ2) is 7.46. The molecule has 0 radical (unpaired) electrons. The minimum atomic E-state index is -0.401. The van der Waals surface area contributed by atoms with Gasteiger partial charge in [-0.1, -0.05) is 69.3 Å². The number of esters is 1. The van der Waals surface area contributed by atoms with E-state index in [1.54, 1.807) is 6.08 Å². The highest BCUT2D eigenvalue weighted by atomic mass is 79.9. The molecule has 26 heavy (non-hydrogen) atoms. The van der Waals surface area contributed by atoms with Gasteiger partial charge in [-0.3, -0.25) is 0 Å². The third-order valence-corrected chi connectivity index (χ3v) is 4.85. The molecule has 3 aromatic carbocycles. The lowest BCUT2D eigenvalue weighted by atomic mass is 9.87. The van der Waals surface area contributed by atoms with Gasteiger partial charge in [0.1, 0.15) is 5.75 Å². The molecule has 0 aromatic heterocycles. The van der Waals surface area contributed by atoms with Crippen molar-refractivity contribution in [2.75, 3.05) is 0 Å². The second-order valence-electron chi connectivity index (χ2n) is 7.22. The fourth-order valence-corrected chi connectivity index (χ4v) is 3.21. The molecule has 0 aliphatic heterocycles. The Morgan fingerprint density at radius 1 is 1.00 bits per heavy atom. The Kier molecular flexibility index (Phi) is 5.28. The third-order valence-electron chi connectivity index (χ3n) is 4.23. The van der Waals surface area contributed by atoms with Crippen LogP contribution in [0.15, 0.2) is 71.2 Å². The topological polar surface area (TPSA) is 26.3 Å². The van der Waals surface area contributed by atoms with Crippen LogP contribution in [0.25, 0.3) is 16.8 Å². The fraction of sp³-hybridized carbons (Fsp3) is 0.174. The summed E-state index contributed by atoms with van der Waals surface area (Å²) in [5.74, 6) is 0.118. The summed E-state index contributed by atoms with van der Waals surface area (Å²) in [5, 5.41) is 2.25. The Morgan fingerprint density at radius 3 is 2.46 bits per heavy atom. The minimum absolute atomic E-state index is 0.0410. The van der Waals surface area contributed by atoms with E-state index < -0.39 is 5.97 Å². The number of rotatable bonds is 3. The van der Waals surface area contributed by atoms with Gasteiger partial charge in [0, 0.05) is 6.08 Å². The van der Waals surface area contributed by atoms with Crippen molar-refractivity contribution >= 4 is 38.7 Å². The van der Waals surface area contributed by atoms with Crippen LogP contribution < -0.4 is 4.74 Å². The summed E-state index contributed by atoms with van der Waals surface area (Å²) in [4.78, 5) is 12.2. The number of fused-ring (bicyclic) bond motifs is 1. The van der Waals surface area contributed by atoms with E-state index in [9.17, 15) is 4.79 Å². The highest BCUT2D eigenvalue weighted by molar-refractivity contribution is 9.10. The first-order chi connectivity index (χ1) is 12.3. The molecule has 3 rings (SSSR count). The van der Waals surface area contributed by atoms with E-state index in [0.29, 0.717) is 5.75 Å². The summed E-state index contributed by atoms with van der Waals surface area (Å²) < 4.78 is 6.25. The zero-order valence-electron chi connectivity index (χ0n) is 15.1. The van der Waals surface area contributed by atoms with Crippen molar-refractivity contribution in [1.82, 2.24) is 0 Å². The van der Waals surface area contributed by atoms with Crippen LogP contribution in [0, 0.1) is 0 Å². The molecule has 0 unspecified atom stereocenters. The standard InChI is InChI=1S/C23H21BrO2/c1-23(2,3)18-12-13-21(20(24)15-18)26-22(25)14-11-17-9-6-8-16-7-4-5-10-19(16)17/h4-15H,1-3H3. The Bertz CT molecular complexity index is 976. The van der Waals surface area contributed by atoms with Crippen LogP contribution in [-0.2, 0) is 10.2 Å². The molecule has 0 N–H and O–H groups in total. The fourth-order valence-electron chi connectivity index (χ4n) is 2.75. The molecule has 0 bridgehead atoms. The molecular formula is C23H21BrO2. The van der Waals surface area contributed by atoms with Gasteiger partial charge >= 0.3 is 5.97 Å². The van der Waals surface area contributed by atoms with Crippen LogP contribution in [0.1, 0.15) is 31.9 Å². The largest absolute Gasteiger partial charge is 0.422 e. The molecule has 0 fully saturated rings. The van der Waals surface area contributed by atoms with E-state index in [-0.39, 0.29) is 5.41 Å². The van der Waals surface area contributed by atoms with E-state index in [1.807, 2.05) is 48.5 Å². The van der Waals surface area contributed by atoms with E-state index >= 15 is 0 Å². The summed E-state index contributed by atoms with van der Waals surface area (Å²) in [6.45, 7) is 6.44. The van der Waals surface area contributed by atoms with Gasteiger partial charge in [0.15, 0.2) is 0 Å². The summed E-state index contributed by atoms with van der Waals surface area (Å²) in [6.07, 6.45) is 3.26. The molecule has 3 heteroatoms. The van der Waals surface area contributed by atoms with Crippen molar-refractivity contribution in [2.24, 2.45) is 0 Å². The molecule has 132 valence electrons. The number of carbonyl (C=O) groups excluding carboxylic acids is 1. The lowest BCUT2D eigenvalue weighted by Gasteiger charge is -2.19. The van der Waals surface area contributed by atoms with Gasteiger partial charge in [-0.15, -0.1) is 0 Å². The monoisotopic (exact) mass is 408 g/mol. The van der Waals surface area contributed by atoms with Crippen LogP contribution in [0.3, 0.4) is 0 Å². The number of ether oxygens (including phenoxy) is 1. The first-order valence-electron chi connectivity index (χ1n) is 8.52. The number of benzene rings is 3. The maximum absolute atomic E-state index is 12.2. The highest BCUT2D eigenvalue weighted by Gasteiger charge is 2.16. The molecule has 0 aliphatic rings. The van der Waals surface area contributed by atoms with Gasteiger partial charge < -0.3 is 4.74 Å². The lowest BCUT2D eigenvalue weighted by molar-refractivity contribution is -0.128. The third kappa shape index (κ3) is 4.23. The summed E-state index contributed by atoms with van der Waals surface area (Å²) >= 11 is 3.50. The van der Waals surface area contributed by atoms with Crippen molar-refractivity contribution in [3.8, 4) is 5.75 Å². The second-order valence-corrected chi connectivity index (χ2v) is 8.07. The average Bonchev–Trinajstić information content (AvgIpc) is 2.60. The van der Waals surface area contributed by atoms with Crippen molar-refractivity contribution in [2.45, 2.75) is 26.2 Å².